The molecule has 94 valence electrons. The minimum absolute atomic E-state index is 0.226. The zero-order chi connectivity index (χ0) is 12.7. The second-order valence-corrected chi connectivity index (χ2v) is 7.10. The van der Waals surface area contributed by atoms with Crippen LogP contribution in [-0.4, -0.2) is 13.1 Å². The Labute approximate surface area is 106 Å². The van der Waals surface area contributed by atoms with Gasteiger partial charge in [-0.1, -0.05) is 52.8 Å². The Morgan fingerprint density at radius 2 is 1.76 bits per heavy atom. The largest absolute Gasteiger partial charge is 0.371 e. The van der Waals surface area contributed by atoms with Crippen molar-refractivity contribution in [3.8, 4) is 0 Å². The van der Waals surface area contributed by atoms with Crippen LogP contribution in [0.2, 0.25) is 0 Å². The first-order valence-corrected chi connectivity index (χ1v) is 6.64. The number of para-hydroxylation sites is 1. The van der Waals surface area contributed by atoms with Crippen LogP contribution in [0.25, 0.3) is 0 Å². The van der Waals surface area contributed by atoms with Crippen LogP contribution in [0, 0.1) is 5.41 Å². The van der Waals surface area contributed by atoms with E-state index in [4.69, 9.17) is 0 Å². The molecular weight excluding hydrogens is 206 g/mol. The molecule has 0 amide bonds. The molecule has 0 aromatic heterocycles. The lowest BCUT2D eigenvalue weighted by Gasteiger charge is -2.29. The quantitative estimate of drug-likeness (QED) is 0.699. The minimum Gasteiger partial charge on any atom is -0.371 e. The highest BCUT2D eigenvalue weighted by Crippen LogP contribution is 2.37. The summed E-state index contributed by atoms with van der Waals surface area (Å²) < 4.78 is 0. The maximum absolute atomic E-state index is 2.56. The number of hydrogen-bond acceptors (Lipinski definition) is 1. The Bertz CT molecular complexity index is 398. The van der Waals surface area contributed by atoms with Crippen LogP contribution in [0.3, 0.4) is 0 Å². The summed E-state index contributed by atoms with van der Waals surface area (Å²) in [4.78, 5) is 2.56. The molecule has 1 heteroatoms. The molecule has 0 unspecified atom stereocenters. The zero-order valence-corrected chi connectivity index (χ0v) is 11.9. The zero-order valence-electron chi connectivity index (χ0n) is 11.9. The second kappa shape index (κ2) is 4.04. The fraction of sp³-hybridized carbons (Fsp3) is 0.625. The van der Waals surface area contributed by atoms with Crippen LogP contribution < -0.4 is 4.90 Å². The van der Waals surface area contributed by atoms with E-state index >= 15 is 0 Å². The molecule has 0 bridgehead atoms. The highest BCUT2D eigenvalue weighted by molar-refractivity contribution is 5.57. The van der Waals surface area contributed by atoms with Gasteiger partial charge in [-0.15, -0.1) is 0 Å². The van der Waals surface area contributed by atoms with E-state index in [-0.39, 0.29) is 5.41 Å². The monoisotopic (exact) mass is 231 g/mol. The Morgan fingerprint density at radius 3 is 2.29 bits per heavy atom. The maximum Gasteiger partial charge on any atom is 0.0404 e. The first-order valence-electron chi connectivity index (χ1n) is 6.64. The number of rotatable bonds is 1. The van der Waals surface area contributed by atoms with Crippen LogP contribution in [0.15, 0.2) is 24.3 Å². The van der Waals surface area contributed by atoms with E-state index in [0.717, 1.165) is 0 Å². The second-order valence-electron chi connectivity index (χ2n) is 7.10. The maximum atomic E-state index is 2.56. The van der Waals surface area contributed by atoms with E-state index in [9.17, 15) is 0 Å². The van der Waals surface area contributed by atoms with Gasteiger partial charge in [0, 0.05) is 18.8 Å². The lowest BCUT2D eigenvalue weighted by Crippen LogP contribution is -2.26. The number of benzene rings is 1. The average Bonchev–Trinajstić information content (AvgIpc) is 2.58. The van der Waals surface area contributed by atoms with E-state index in [2.05, 4.69) is 63.8 Å². The van der Waals surface area contributed by atoms with Gasteiger partial charge in [0.05, 0.1) is 0 Å². The molecular formula is C16H25N. The standard InChI is InChI=1S/C16H25N/c1-15(2,3)13-8-6-7-9-14(13)17-11-10-16(4,5)12-17/h6-9H,10-12H2,1-5H3. The molecule has 1 nitrogen and oxygen atoms in total. The number of anilines is 1. The molecule has 1 fully saturated rings. The topological polar surface area (TPSA) is 3.24 Å². The molecule has 0 atom stereocenters. The van der Waals surface area contributed by atoms with E-state index in [1.54, 1.807) is 0 Å². The first kappa shape index (κ1) is 12.5. The van der Waals surface area contributed by atoms with Crippen molar-refractivity contribution in [1.29, 1.82) is 0 Å². The third kappa shape index (κ3) is 2.65. The minimum atomic E-state index is 0.226. The van der Waals surface area contributed by atoms with Gasteiger partial charge in [0.1, 0.15) is 0 Å². The molecule has 0 N–H and O–H groups in total. The van der Waals surface area contributed by atoms with Crippen molar-refractivity contribution in [2.75, 3.05) is 18.0 Å². The molecule has 0 radical (unpaired) electrons. The van der Waals surface area contributed by atoms with Crippen molar-refractivity contribution in [3.63, 3.8) is 0 Å². The van der Waals surface area contributed by atoms with Crippen molar-refractivity contribution in [1.82, 2.24) is 0 Å². The molecule has 0 spiro atoms. The molecule has 1 heterocycles. The van der Waals surface area contributed by atoms with Crippen molar-refractivity contribution in [3.05, 3.63) is 29.8 Å². The predicted molar refractivity (Wildman–Crippen MR) is 75.8 cm³/mol. The molecule has 17 heavy (non-hydrogen) atoms. The number of nitrogens with zero attached hydrogens (tertiary/aromatic N) is 1. The number of hydrogen-bond donors (Lipinski definition) is 0. The van der Waals surface area contributed by atoms with E-state index < -0.39 is 0 Å². The van der Waals surface area contributed by atoms with Crippen LogP contribution in [0.4, 0.5) is 5.69 Å². The molecule has 0 saturated carbocycles. The first-order chi connectivity index (χ1) is 7.80. The normalized spacial score (nSPS) is 19.7. The van der Waals surface area contributed by atoms with Crippen LogP contribution >= 0.6 is 0 Å². The van der Waals surface area contributed by atoms with Crippen LogP contribution in [0.5, 0.6) is 0 Å². The van der Waals surface area contributed by atoms with Gasteiger partial charge in [-0.2, -0.15) is 0 Å². The Balaban J connectivity index is 2.34. The lowest BCUT2D eigenvalue weighted by atomic mass is 9.85. The molecule has 1 aliphatic rings. The average molecular weight is 231 g/mol. The summed E-state index contributed by atoms with van der Waals surface area (Å²) in [6.45, 7) is 14.0. The van der Waals surface area contributed by atoms with Crippen molar-refractivity contribution >= 4 is 5.69 Å². The lowest BCUT2D eigenvalue weighted by molar-refractivity contribution is 0.418. The van der Waals surface area contributed by atoms with Gasteiger partial charge < -0.3 is 4.90 Å². The summed E-state index contributed by atoms with van der Waals surface area (Å²) in [7, 11) is 0. The Hall–Kier alpha value is -0.980. The van der Waals surface area contributed by atoms with Crippen LogP contribution in [-0.2, 0) is 5.41 Å². The SMILES string of the molecule is CC1(C)CCN(c2ccccc2C(C)(C)C)C1. The summed E-state index contributed by atoms with van der Waals surface area (Å²) >= 11 is 0. The molecule has 1 aliphatic heterocycles. The summed E-state index contributed by atoms with van der Waals surface area (Å²) in [5, 5.41) is 0. The highest BCUT2D eigenvalue weighted by atomic mass is 15.2. The van der Waals surface area contributed by atoms with E-state index in [1.165, 1.54) is 30.8 Å². The Morgan fingerprint density at radius 1 is 1.12 bits per heavy atom. The third-order valence-electron chi connectivity index (χ3n) is 3.73. The third-order valence-corrected chi connectivity index (χ3v) is 3.73. The fourth-order valence-corrected chi connectivity index (χ4v) is 2.70. The fourth-order valence-electron chi connectivity index (χ4n) is 2.70. The highest BCUT2D eigenvalue weighted by Gasteiger charge is 2.31. The van der Waals surface area contributed by atoms with Gasteiger partial charge in [0.25, 0.3) is 0 Å². The smallest absolute Gasteiger partial charge is 0.0404 e. The van der Waals surface area contributed by atoms with E-state index in [0.29, 0.717) is 5.41 Å². The van der Waals surface area contributed by atoms with Crippen molar-refractivity contribution in [2.24, 2.45) is 5.41 Å². The van der Waals surface area contributed by atoms with Gasteiger partial charge in [-0.05, 0) is 28.9 Å². The molecule has 1 aromatic carbocycles. The summed E-state index contributed by atoms with van der Waals surface area (Å²) in [6, 6.07) is 8.88. The van der Waals surface area contributed by atoms with Gasteiger partial charge in [0.15, 0.2) is 0 Å². The van der Waals surface area contributed by atoms with Gasteiger partial charge in [-0.25, -0.2) is 0 Å². The summed E-state index contributed by atoms with van der Waals surface area (Å²) in [5.74, 6) is 0. The summed E-state index contributed by atoms with van der Waals surface area (Å²) in [5.41, 5.74) is 3.59. The van der Waals surface area contributed by atoms with Gasteiger partial charge in [-0.3, -0.25) is 0 Å². The molecule has 2 rings (SSSR count). The molecule has 1 aromatic rings. The Kier molecular flexibility index (Phi) is 2.97. The van der Waals surface area contributed by atoms with Gasteiger partial charge >= 0.3 is 0 Å². The molecule has 1 saturated heterocycles. The van der Waals surface area contributed by atoms with Crippen molar-refractivity contribution < 1.29 is 0 Å². The van der Waals surface area contributed by atoms with Crippen molar-refractivity contribution in [2.45, 2.75) is 46.5 Å². The van der Waals surface area contributed by atoms with Crippen LogP contribution in [0.1, 0.15) is 46.6 Å². The predicted octanol–water partition coefficient (Wildman–Crippen LogP) is 4.22. The van der Waals surface area contributed by atoms with Gasteiger partial charge in [0.2, 0.25) is 0 Å². The van der Waals surface area contributed by atoms with E-state index in [1.807, 2.05) is 0 Å². The summed E-state index contributed by atoms with van der Waals surface area (Å²) in [6.07, 6.45) is 1.30. The molecule has 0 aliphatic carbocycles.